The van der Waals surface area contributed by atoms with Crippen LogP contribution in [-0.2, 0) is 13.1 Å². The second kappa shape index (κ2) is 9.14. The standard InChI is InChI=1S/C22H25N5O2/c1-16-11-17(2)13-19(12-16)21(28)23-9-10-27-15-20(24-25-27)22(29)26(3)14-18-7-5-4-6-8-18/h4-8,11-13,15H,9-10,14H2,1-3H3,(H,23,28). The second-order valence-corrected chi connectivity index (χ2v) is 7.15. The Balaban J connectivity index is 1.52. The van der Waals surface area contributed by atoms with Crippen LogP contribution in [0.3, 0.4) is 0 Å². The normalized spacial score (nSPS) is 10.6. The third-order valence-electron chi connectivity index (χ3n) is 4.48. The maximum atomic E-state index is 12.5. The number of benzene rings is 2. The number of aryl methyl sites for hydroxylation is 2. The molecule has 7 heteroatoms. The summed E-state index contributed by atoms with van der Waals surface area (Å²) in [5.74, 6) is -0.324. The van der Waals surface area contributed by atoms with Crippen molar-refractivity contribution in [3.8, 4) is 0 Å². The Morgan fingerprint density at radius 3 is 2.45 bits per heavy atom. The quantitative estimate of drug-likeness (QED) is 0.671. The highest BCUT2D eigenvalue weighted by atomic mass is 16.2. The van der Waals surface area contributed by atoms with Crippen molar-refractivity contribution < 1.29 is 9.59 Å². The van der Waals surface area contributed by atoms with Crippen molar-refractivity contribution in [2.24, 2.45) is 0 Å². The number of nitrogens with zero attached hydrogens (tertiary/aromatic N) is 4. The summed E-state index contributed by atoms with van der Waals surface area (Å²) in [6.07, 6.45) is 1.60. The fourth-order valence-corrected chi connectivity index (χ4v) is 3.12. The molecule has 3 rings (SSSR count). The first kappa shape index (κ1) is 20.3. The van der Waals surface area contributed by atoms with Crippen molar-refractivity contribution in [2.75, 3.05) is 13.6 Å². The maximum absolute atomic E-state index is 12.5. The van der Waals surface area contributed by atoms with Gasteiger partial charge in [0, 0.05) is 25.7 Å². The number of hydrogen-bond acceptors (Lipinski definition) is 4. The van der Waals surface area contributed by atoms with Gasteiger partial charge >= 0.3 is 0 Å². The average Bonchev–Trinajstić information content (AvgIpc) is 3.16. The van der Waals surface area contributed by atoms with Crippen LogP contribution in [-0.4, -0.2) is 45.3 Å². The molecule has 0 spiro atoms. The molecule has 0 fully saturated rings. The number of aromatic nitrogens is 3. The van der Waals surface area contributed by atoms with Gasteiger partial charge in [-0.05, 0) is 31.5 Å². The van der Waals surface area contributed by atoms with Gasteiger partial charge in [-0.15, -0.1) is 5.10 Å². The smallest absolute Gasteiger partial charge is 0.276 e. The summed E-state index contributed by atoms with van der Waals surface area (Å²) < 4.78 is 1.56. The van der Waals surface area contributed by atoms with E-state index < -0.39 is 0 Å². The lowest BCUT2D eigenvalue weighted by Crippen LogP contribution is -2.27. The predicted octanol–water partition coefficient (Wildman–Crippen LogP) is 2.60. The minimum Gasteiger partial charge on any atom is -0.350 e. The molecule has 7 nitrogen and oxygen atoms in total. The lowest BCUT2D eigenvalue weighted by atomic mass is 10.1. The molecule has 1 aromatic heterocycles. The fourth-order valence-electron chi connectivity index (χ4n) is 3.12. The Kier molecular flexibility index (Phi) is 6.39. The SMILES string of the molecule is Cc1cc(C)cc(C(=O)NCCn2cc(C(=O)N(C)Cc3ccccc3)nn2)c1. The zero-order chi connectivity index (χ0) is 20.8. The summed E-state index contributed by atoms with van der Waals surface area (Å²) in [6.45, 7) is 5.25. The van der Waals surface area contributed by atoms with Crippen LogP contribution in [0.5, 0.6) is 0 Å². The molecular weight excluding hydrogens is 366 g/mol. The molecule has 0 saturated heterocycles. The molecular formula is C22H25N5O2. The fraction of sp³-hybridized carbons (Fsp3) is 0.273. The minimum absolute atomic E-state index is 0.129. The average molecular weight is 391 g/mol. The summed E-state index contributed by atoms with van der Waals surface area (Å²) in [7, 11) is 1.73. The van der Waals surface area contributed by atoms with Crippen molar-refractivity contribution >= 4 is 11.8 Å². The van der Waals surface area contributed by atoms with Crippen LogP contribution in [0.1, 0.15) is 37.5 Å². The molecule has 0 aliphatic rings. The Bertz CT molecular complexity index is 977. The largest absolute Gasteiger partial charge is 0.350 e. The number of carbonyl (C=O) groups is 2. The van der Waals surface area contributed by atoms with E-state index in [2.05, 4.69) is 15.6 Å². The molecule has 3 aromatic rings. The van der Waals surface area contributed by atoms with Crippen LogP contribution < -0.4 is 5.32 Å². The molecule has 1 N–H and O–H groups in total. The highest BCUT2D eigenvalue weighted by Gasteiger charge is 2.16. The van der Waals surface area contributed by atoms with Crippen LogP contribution in [0.4, 0.5) is 0 Å². The summed E-state index contributed by atoms with van der Waals surface area (Å²) >= 11 is 0. The van der Waals surface area contributed by atoms with Crippen LogP contribution in [0.25, 0.3) is 0 Å². The third kappa shape index (κ3) is 5.51. The first-order valence-corrected chi connectivity index (χ1v) is 9.48. The van der Waals surface area contributed by atoms with Crippen LogP contribution in [0, 0.1) is 13.8 Å². The van der Waals surface area contributed by atoms with Crippen molar-refractivity contribution in [3.63, 3.8) is 0 Å². The first-order valence-electron chi connectivity index (χ1n) is 9.48. The molecule has 0 bridgehead atoms. The zero-order valence-corrected chi connectivity index (χ0v) is 16.9. The van der Waals surface area contributed by atoms with E-state index in [-0.39, 0.29) is 17.5 Å². The Morgan fingerprint density at radius 1 is 1.07 bits per heavy atom. The van der Waals surface area contributed by atoms with Crippen molar-refractivity contribution in [2.45, 2.75) is 26.9 Å². The van der Waals surface area contributed by atoms with Gasteiger partial charge in [-0.1, -0.05) is 52.7 Å². The van der Waals surface area contributed by atoms with E-state index in [1.54, 1.807) is 22.8 Å². The van der Waals surface area contributed by atoms with Gasteiger partial charge in [-0.25, -0.2) is 4.68 Å². The maximum Gasteiger partial charge on any atom is 0.276 e. The lowest BCUT2D eigenvalue weighted by Gasteiger charge is -2.15. The van der Waals surface area contributed by atoms with Gasteiger partial charge in [0.05, 0.1) is 12.7 Å². The van der Waals surface area contributed by atoms with Gasteiger partial charge in [0.15, 0.2) is 5.69 Å². The minimum atomic E-state index is -0.195. The van der Waals surface area contributed by atoms with Crippen LogP contribution >= 0.6 is 0 Å². The van der Waals surface area contributed by atoms with Gasteiger partial charge < -0.3 is 10.2 Å². The summed E-state index contributed by atoms with van der Waals surface area (Å²) in [5.41, 5.74) is 4.07. The van der Waals surface area contributed by atoms with E-state index in [0.29, 0.717) is 25.2 Å². The van der Waals surface area contributed by atoms with Crippen LogP contribution in [0.15, 0.2) is 54.7 Å². The van der Waals surface area contributed by atoms with Gasteiger partial charge in [-0.2, -0.15) is 0 Å². The Labute approximate surface area is 170 Å². The summed E-state index contributed by atoms with van der Waals surface area (Å²) in [6, 6.07) is 15.5. The topological polar surface area (TPSA) is 80.1 Å². The molecule has 0 atom stereocenters. The molecule has 0 aliphatic carbocycles. The van der Waals surface area contributed by atoms with E-state index in [9.17, 15) is 9.59 Å². The highest BCUT2D eigenvalue weighted by molar-refractivity contribution is 5.94. The molecule has 150 valence electrons. The van der Waals surface area contributed by atoms with E-state index in [4.69, 9.17) is 0 Å². The molecule has 0 radical (unpaired) electrons. The predicted molar refractivity (Wildman–Crippen MR) is 111 cm³/mol. The van der Waals surface area contributed by atoms with E-state index in [1.807, 2.05) is 62.4 Å². The van der Waals surface area contributed by atoms with Crippen molar-refractivity contribution in [1.82, 2.24) is 25.2 Å². The van der Waals surface area contributed by atoms with Crippen LogP contribution in [0.2, 0.25) is 0 Å². The Morgan fingerprint density at radius 2 is 1.76 bits per heavy atom. The van der Waals surface area contributed by atoms with Gasteiger partial charge in [0.25, 0.3) is 11.8 Å². The summed E-state index contributed by atoms with van der Waals surface area (Å²) in [5, 5.41) is 10.8. The third-order valence-corrected chi connectivity index (χ3v) is 4.48. The van der Waals surface area contributed by atoms with Crippen molar-refractivity contribution in [3.05, 3.63) is 82.7 Å². The zero-order valence-electron chi connectivity index (χ0n) is 16.9. The highest BCUT2D eigenvalue weighted by Crippen LogP contribution is 2.09. The van der Waals surface area contributed by atoms with E-state index in [1.165, 1.54) is 0 Å². The number of amides is 2. The first-order chi connectivity index (χ1) is 13.9. The molecule has 0 aliphatic heterocycles. The monoisotopic (exact) mass is 391 g/mol. The van der Waals surface area contributed by atoms with Gasteiger partial charge in [0.2, 0.25) is 0 Å². The van der Waals surface area contributed by atoms with E-state index in [0.717, 1.165) is 16.7 Å². The summed E-state index contributed by atoms with van der Waals surface area (Å²) in [4.78, 5) is 26.4. The van der Waals surface area contributed by atoms with Crippen molar-refractivity contribution in [1.29, 1.82) is 0 Å². The molecule has 29 heavy (non-hydrogen) atoms. The number of nitrogens with one attached hydrogen (secondary N) is 1. The molecule has 2 aromatic carbocycles. The molecule has 0 unspecified atom stereocenters. The Hall–Kier alpha value is -3.48. The number of carbonyl (C=O) groups excluding carboxylic acids is 2. The number of rotatable bonds is 7. The molecule has 1 heterocycles. The lowest BCUT2D eigenvalue weighted by molar-refractivity contribution is 0.0778. The second-order valence-electron chi connectivity index (χ2n) is 7.15. The van der Waals surface area contributed by atoms with E-state index >= 15 is 0 Å². The van der Waals surface area contributed by atoms with Gasteiger partial charge in [0.1, 0.15) is 0 Å². The van der Waals surface area contributed by atoms with Gasteiger partial charge in [-0.3, -0.25) is 9.59 Å². The molecule has 2 amide bonds. The molecule has 0 saturated carbocycles. The number of hydrogen-bond donors (Lipinski definition) is 1.